The van der Waals surface area contributed by atoms with Crippen molar-refractivity contribution in [1.82, 2.24) is 0 Å². The number of hydrogen-bond donors (Lipinski definition) is 0. The second kappa shape index (κ2) is 4.16. The van der Waals surface area contributed by atoms with E-state index in [0.29, 0.717) is 9.75 Å². The summed E-state index contributed by atoms with van der Waals surface area (Å²) in [6.07, 6.45) is 1.37. The molecule has 0 saturated heterocycles. The molecule has 1 heterocycles. The van der Waals surface area contributed by atoms with Gasteiger partial charge in [-0.3, -0.25) is 10.1 Å². The minimum Gasteiger partial charge on any atom is -0.258 e. The minimum atomic E-state index is -0.536. The quantitative estimate of drug-likeness (QED) is 0.465. The molecule has 4 nitrogen and oxygen atoms in total. The summed E-state index contributed by atoms with van der Waals surface area (Å²) in [5, 5.41) is 18.7. The van der Waals surface area contributed by atoms with E-state index in [1.807, 2.05) is 6.07 Å². The average Bonchev–Trinajstić information content (AvgIpc) is 2.52. The normalized spacial score (nSPS) is 10.9. The topological polar surface area (TPSA) is 66.9 Å². The molecule has 0 fully saturated rings. The molecule has 0 amide bonds. The molecule has 0 aliphatic rings. The largest absolute Gasteiger partial charge is 0.312 e. The third-order valence-electron chi connectivity index (χ3n) is 1.17. The van der Waals surface area contributed by atoms with Crippen LogP contribution in [0.15, 0.2) is 16.7 Å². The Kier molecular flexibility index (Phi) is 3.17. The van der Waals surface area contributed by atoms with E-state index < -0.39 is 4.92 Å². The molecule has 66 valence electrons. The molecule has 0 unspecified atom stereocenters. The first-order valence-electron chi connectivity index (χ1n) is 3.15. The summed E-state index contributed by atoms with van der Waals surface area (Å²) in [6, 6.07) is 5.24. The highest BCUT2D eigenvalue weighted by Gasteiger charge is 2.05. The highest BCUT2D eigenvalue weighted by atomic mass is 79.9. The van der Waals surface area contributed by atoms with E-state index in [1.165, 1.54) is 17.4 Å². The fourth-order valence-electron chi connectivity index (χ4n) is 0.661. The van der Waals surface area contributed by atoms with Gasteiger partial charge in [-0.25, -0.2) is 0 Å². The predicted molar refractivity (Wildman–Crippen MR) is 52.9 cm³/mol. The van der Waals surface area contributed by atoms with Gasteiger partial charge < -0.3 is 0 Å². The van der Waals surface area contributed by atoms with Crippen molar-refractivity contribution < 1.29 is 4.92 Å². The van der Waals surface area contributed by atoms with E-state index in [-0.39, 0.29) is 4.61 Å². The van der Waals surface area contributed by atoms with Gasteiger partial charge in [0, 0.05) is 26.9 Å². The maximum atomic E-state index is 10.2. The molecule has 6 heteroatoms. The van der Waals surface area contributed by atoms with Crippen molar-refractivity contribution in [1.29, 1.82) is 5.26 Å². The molecule has 0 spiro atoms. The molecule has 0 bridgehead atoms. The van der Waals surface area contributed by atoms with Gasteiger partial charge >= 0.3 is 4.61 Å². The number of halogens is 1. The first-order valence-corrected chi connectivity index (χ1v) is 4.76. The number of nitro groups is 1. The molecule has 0 atom stereocenters. The van der Waals surface area contributed by atoms with Crippen LogP contribution in [-0.4, -0.2) is 4.92 Å². The summed E-state index contributed by atoms with van der Waals surface area (Å²) in [5.41, 5.74) is 0. The summed E-state index contributed by atoms with van der Waals surface area (Å²) < 4.78 is -0.112. The third kappa shape index (κ3) is 2.65. The van der Waals surface area contributed by atoms with Gasteiger partial charge in [-0.05, 0) is 12.1 Å². The van der Waals surface area contributed by atoms with Gasteiger partial charge in [0.1, 0.15) is 10.9 Å². The number of nitrogens with zero attached hydrogens (tertiary/aromatic N) is 2. The zero-order chi connectivity index (χ0) is 9.84. The lowest BCUT2D eigenvalue weighted by Gasteiger charge is -1.84. The van der Waals surface area contributed by atoms with Crippen molar-refractivity contribution in [3.05, 3.63) is 36.6 Å². The van der Waals surface area contributed by atoms with E-state index >= 15 is 0 Å². The van der Waals surface area contributed by atoms with Gasteiger partial charge in [0.2, 0.25) is 0 Å². The molecule has 1 rings (SSSR count). The molecule has 13 heavy (non-hydrogen) atoms. The van der Waals surface area contributed by atoms with E-state index in [2.05, 4.69) is 15.9 Å². The number of nitriles is 1. The van der Waals surface area contributed by atoms with E-state index in [4.69, 9.17) is 5.26 Å². The first-order chi connectivity index (χ1) is 6.13. The maximum Gasteiger partial charge on any atom is 0.312 e. The Bertz CT molecular complexity index is 405. The molecule has 0 N–H and O–H groups in total. The Balaban J connectivity index is 2.93. The van der Waals surface area contributed by atoms with Gasteiger partial charge in [-0.1, -0.05) is 0 Å². The van der Waals surface area contributed by atoms with Crippen molar-refractivity contribution in [2.45, 2.75) is 0 Å². The van der Waals surface area contributed by atoms with Gasteiger partial charge in [0.25, 0.3) is 0 Å². The molecular weight excluding hydrogens is 256 g/mol. The lowest BCUT2D eigenvalue weighted by molar-refractivity contribution is -0.407. The molecule has 0 radical (unpaired) electrons. The molecule has 0 aromatic carbocycles. The Labute approximate surface area is 86.4 Å². The fourth-order valence-corrected chi connectivity index (χ4v) is 1.80. The average molecular weight is 259 g/mol. The van der Waals surface area contributed by atoms with Gasteiger partial charge in [0.15, 0.2) is 0 Å². The Morgan fingerprint density at radius 3 is 2.92 bits per heavy atom. The van der Waals surface area contributed by atoms with E-state index in [9.17, 15) is 10.1 Å². The van der Waals surface area contributed by atoms with Crippen LogP contribution in [-0.2, 0) is 0 Å². The Hall–Kier alpha value is -1.19. The van der Waals surface area contributed by atoms with E-state index in [0.717, 1.165) is 0 Å². The lowest BCUT2D eigenvalue weighted by atomic mass is 10.4. The molecule has 0 aliphatic heterocycles. The summed E-state index contributed by atoms with van der Waals surface area (Å²) >= 11 is 4.00. The molecule has 1 aromatic rings. The maximum absolute atomic E-state index is 10.2. The van der Waals surface area contributed by atoms with Crippen molar-refractivity contribution in [3.8, 4) is 6.07 Å². The summed E-state index contributed by atoms with van der Waals surface area (Å²) in [5.74, 6) is 0. The van der Waals surface area contributed by atoms with E-state index in [1.54, 1.807) is 12.1 Å². The second-order valence-electron chi connectivity index (χ2n) is 2.04. The minimum absolute atomic E-state index is 0.112. The first kappa shape index (κ1) is 9.89. The lowest BCUT2D eigenvalue weighted by Crippen LogP contribution is -1.88. The SMILES string of the molecule is N#Cc1ccc(C=C(Br)[N+](=O)[O-])s1. The van der Waals surface area contributed by atoms with Crippen molar-refractivity contribution in [3.63, 3.8) is 0 Å². The van der Waals surface area contributed by atoms with Crippen molar-refractivity contribution >= 4 is 33.3 Å². The zero-order valence-corrected chi connectivity index (χ0v) is 8.63. The number of thiophene rings is 1. The molecule has 1 aromatic heterocycles. The monoisotopic (exact) mass is 258 g/mol. The Morgan fingerprint density at radius 2 is 2.46 bits per heavy atom. The molecule has 0 aliphatic carbocycles. The van der Waals surface area contributed by atoms with Gasteiger partial charge in [0.05, 0.1) is 4.92 Å². The zero-order valence-electron chi connectivity index (χ0n) is 6.23. The molecular formula is C7H3BrN2O2S. The van der Waals surface area contributed by atoms with Crippen LogP contribution in [0.5, 0.6) is 0 Å². The third-order valence-corrected chi connectivity index (χ3v) is 2.63. The van der Waals surface area contributed by atoms with Crippen LogP contribution in [0.25, 0.3) is 6.08 Å². The van der Waals surface area contributed by atoms with Crippen LogP contribution in [0.4, 0.5) is 0 Å². The summed E-state index contributed by atoms with van der Waals surface area (Å²) in [7, 11) is 0. The van der Waals surface area contributed by atoms with Gasteiger partial charge in [-0.15, -0.1) is 11.3 Å². The number of hydrogen-bond acceptors (Lipinski definition) is 4. The number of rotatable bonds is 2. The highest BCUT2D eigenvalue weighted by molar-refractivity contribution is 9.11. The van der Waals surface area contributed by atoms with Crippen LogP contribution < -0.4 is 0 Å². The molecule has 0 saturated carbocycles. The predicted octanol–water partition coefficient (Wildman–Crippen LogP) is 2.59. The fraction of sp³-hybridized carbons (Fsp3) is 0. The van der Waals surface area contributed by atoms with Crippen LogP contribution >= 0.6 is 27.3 Å². The summed E-state index contributed by atoms with van der Waals surface area (Å²) in [6.45, 7) is 0. The Morgan fingerprint density at radius 1 is 1.77 bits per heavy atom. The summed E-state index contributed by atoms with van der Waals surface area (Å²) in [4.78, 5) is 10.9. The smallest absolute Gasteiger partial charge is 0.258 e. The van der Waals surface area contributed by atoms with Crippen molar-refractivity contribution in [2.24, 2.45) is 0 Å². The standard InChI is InChI=1S/C7H3BrN2O2S/c8-7(10(11)12)3-5-1-2-6(4-9)13-5/h1-3H. The highest BCUT2D eigenvalue weighted by Crippen LogP contribution is 2.20. The van der Waals surface area contributed by atoms with Crippen LogP contribution in [0.3, 0.4) is 0 Å². The van der Waals surface area contributed by atoms with Crippen LogP contribution in [0, 0.1) is 21.4 Å². The van der Waals surface area contributed by atoms with Crippen LogP contribution in [0.2, 0.25) is 0 Å². The van der Waals surface area contributed by atoms with Crippen LogP contribution in [0.1, 0.15) is 9.75 Å². The van der Waals surface area contributed by atoms with Crippen molar-refractivity contribution in [2.75, 3.05) is 0 Å². The second-order valence-corrected chi connectivity index (χ2v) is 3.97. The van der Waals surface area contributed by atoms with Gasteiger partial charge in [-0.2, -0.15) is 5.26 Å².